The Morgan fingerprint density at radius 3 is 2.95 bits per heavy atom. The molecule has 0 aliphatic carbocycles. The van der Waals surface area contributed by atoms with Crippen LogP contribution in [0.5, 0.6) is 0 Å². The average Bonchev–Trinajstić information content (AvgIpc) is 2.48. The first-order valence-corrected chi connectivity index (χ1v) is 8.38. The summed E-state index contributed by atoms with van der Waals surface area (Å²) < 4.78 is 6.72. The lowest BCUT2D eigenvalue weighted by Gasteiger charge is -2.40. The zero-order chi connectivity index (χ0) is 15.4. The van der Waals surface area contributed by atoms with Gasteiger partial charge in [-0.2, -0.15) is 0 Å². The molecule has 0 radical (unpaired) electrons. The van der Waals surface area contributed by atoms with Gasteiger partial charge in [0.05, 0.1) is 19.3 Å². The third kappa shape index (κ3) is 3.97. The number of hydrogen-bond acceptors (Lipinski definition) is 4. The predicted octanol–water partition coefficient (Wildman–Crippen LogP) is 2.71. The number of anilines is 1. The number of benzene rings is 1. The van der Waals surface area contributed by atoms with Gasteiger partial charge < -0.3 is 20.1 Å². The second kappa shape index (κ2) is 7.58. The number of nitrogens with zero attached hydrogens (tertiary/aromatic N) is 1. The average molecular weight is 357 g/mol. The largest absolute Gasteiger partial charge is 0.394 e. The van der Waals surface area contributed by atoms with Crippen LogP contribution in [0.1, 0.15) is 32.4 Å². The van der Waals surface area contributed by atoms with Gasteiger partial charge in [0, 0.05) is 28.8 Å². The quantitative estimate of drug-likeness (QED) is 0.851. The lowest BCUT2D eigenvalue weighted by Crippen LogP contribution is -2.50. The fraction of sp³-hybridized carbons (Fsp3) is 0.625. The normalized spacial score (nSPS) is 24.1. The summed E-state index contributed by atoms with van der Waals surface area (Å²) in [5, 5.41) is 12.9. The van der Waals surface area contributed by atoms with Crippen molar-refractivity contribution in [2.45, 2.75) is 39.0 Å². The van der Waals surface area contributed by atoms with E-state index < -0.39 is 0 Å². The van der Waals surface area contributed by atoms with Crippen LogP contribution in [0.4, 0.5) is 5.69 Å². The minimum absolute atomic E-state index is 0.0648. The highest BCUT2D eigenvalue weighted by molar-refractivity contribution is 9.10. The van der Waals surface area contributed by atoms with E-state index in [1.807, 2.05) is 0 Å². The maximum Gasteiger partial charge on any atom is 0.0981 e. The van der Waals surface area contributed by atoms with Crippen molar-refractivity contribution in [3.05, 3.63) is 28.2 Å². The summed E-state index contributed by atoms with van der Waals surface area (Å²) in [5.41, 5.74) is 2.50. The van der Waals surface area contributed by atoms with Gasteiger partial charge in [0.25, 0.3) is 0 Å². The van der Waals surface area contributed by atoms with Gasteiger partial charge in [0.2, 0.25) is 0 Å². The highest BCUT2D eigenvalue weighted by atomic mass is 79.9. The van der Waals surface area contributed by atoms with Crippen molar-refractivity contribution in [3.8, 4) is 0 Å². The number of rotatable bonds is 5. The van der Waals surface area contributed by atoms with Gasteiger partial charge in [0.1, 0.15) is 0 Å². The lowest BCUT2D eigenvalue weighted by atomic mass is 10.0. The number of aliphatic hydroxyl groups is 1. The van der Waals surface area contributed by atoms with Crippen LogP contribution < -0.4 is 10.2 Å². The van der Waals surface area contributed by atoms with Crippen molar-refractivity contribution in [3.63, 3.8) is 0 Å². The molecule has 1 saturated heterocycles. The Bertz CT molecular complexity index is 470. The maximum absolute atomic E-state index is 9.39. The van der Waals surface area contributed by atoms with Crippen molar-refractivity contribution in [1.29, 1.82) is 0 Å². The lowest BCUT2D eigenvalue weighted by molar-refractivity contribution is -0.0104. The summed E-state index contributed by atoms with van der Waals surface area (Å²) in [6.07, 6.45) is -0.109. The van der Waals surface area contributed by atoms with Gasteiger partial charge in [-0.05, 0) is 38.1 Å². The Morgan fingerprint density at radius 2 is 2.29 bits per heavy atom. The molecule has 1 heterocycles. The third-order valence-corrected chi connectivity index (χ3v) is 4.48. The Labute approximate surface area is 135 Å². The van der Waals surface area contributed by atoms with E-state index >= 15 is 0 Å². The van der Waals surface area contributed by atoms with Crippen LogP contribution >= 0.6 is 15.9 Å². The molecule has 0 aromatic heterocycles. The molecular weight excluding hydrogens is 332 g/mol. The molecule has 1 aliphatic heterocycles. The van der Waals surface area contributed by atoms with E-state index in [4.69, 9.17) is 4.74 Å². The monoisotopic (exact) mass is 356 g/mol. The first kappa shape index (κ1) is 16.7. The molecule has 1 aromatic rings. The zero-order valence-electron chi connectivity index (χ0n) is 13.0. The predicted molar refractivity (Wildman–Crippen MR) is 89.9 cm³/mol. The molecule has 2 N–H and O–H groups in total. The summed E-state index contributed by atoms with van der Waals surface area (Å²) in [6, 6.07) is 7.01. The number of halogens is 1. The van der Waals surface area contributed by atoms with Crippen LogP contribution in [0.25, 0.3) is 0 Å². The van der Waals surface area contributed by atoms with Gasteiger partial charge >= 0.3 is 0 Å². The van der Waals surface area contributed by atoms with Gasteiger partial charge in [-0.3, -0.25) is 0 Å². The summed E-state index contributed by atoms with van der Waals surface area (Å²) in [4.78, 5) is 2.35. The van der Waals surface area contributed by atoms with E-state index in [1.165, 1.54) is 11.3 Å². The summed E-state index contributed by atoms with van der Waals surface area (Å²) in [7, 11) is 0. The number of nitrogens with one attached hydrogen (secondary N) is 1. The molecule has 4 nitrogen and oxygen atoms in total. The molecule has 0 saturated carbocycles. The van der Waals surface area contributed by atoms with Crippen molar-refractivity contribution in [2.75, 3.05) is 31.2 Å². The standard InChI is InChI=1S/C16H25BrN2O2/c1-4-18-12(3)15-6-5-13(17)7-16(15)19-8-14(9-20)21-10-11(19)2/h5-7,11-12,14,18,20H,4,8-10H2,1-3H3. The van der Waals surface area contributed by atoms with Crippen LogP contribution in [0.2, 0.25) is 0 Å². The molecule has 3 unspecified atom stereocenters. The SMILES string of the molecule is CCNC(C)c1ccc(Br)cc1N1CC(CO)OCC1C. The van der Waals surface area contributed by atoms with Crippen molar-refractivity contribution < 1.29 is 9.84 Å². The smallest absolute Gasteiger partial charge is 0.0981 e. The number of hydrogen-bond donors (Lipinski definition) is 2. The Morgan fingerprint density at radius 1 is 1.52 bits per heavy atom. The number of aliphatic hydroxyl groups excluding tert-OH is 1. The molecule has 0 bridgehead atoms. The number of ether oxygens (including phenoxy) is 1. The highest BCUT2D eigenvalue weighted by Crippen LogP contribution is 2.32. The van der Waals surface area contributed by atoms with Crippen LogP contribution in [-0.2, 0) is 4.74 Å². The van der Waals surface area contributed by atoms with Crippen LogP contribution in [0, 0.1) is 0 Å². The minimum Gasteiger partial charge on any atom is -0.394 e. The fourth-order valence-corrected chi connectivity index (χ4v) is 3.16. The minimum atomic E-state index is -0.109. The molecule has 0 spiro atoms. The maximum atomic E-state index is 9.39. The van der Waals surface area contributed by atoms with E-state index in [0.717, 1.165) is 17.6 Å². The topological polar surface area (TPSA) is 44.7 Å². The summed E-state index contributed by atoms with van der Waals surface area (Å²) in [6.45, 7) is 8.84. The molecule has 1 aliphatic rings. The van der Waals surface area contributed by atoms with Crippen LogP contribution in [0.3, 0.4) is 0 Å². The molecule has 2 rings (SSSR count). The van der Waals surface area contributed by atoms with Crippen molar-refractivity contribution >= 4 is 21.6 Å². The molecule has 118 valence electrons. The molecule has 0 amide bonds. The van der Waals surface area contributed by atoms with Crippen LogP contribution in [-0.4, -0.2) is 43.6 Å². The molecular formula is C16H25BrN2O2. The van der Waals surface area contributed by atoms with Crippen molar-refractivity contribution in [2.24, 2.45) is 0 Å². The van der Waals surface area contributed by atoms with E-state index in [9.17, 15) is 5.11 Å². The highest BCUT2D eigenvalue weighted by Gasteiger charge is 2.28. The van der Waals surface area contributed by atoms with Gasteiger partial charge in [-0.15, -0.1) is 0 Å². The van der Waals surface area contributed by atoms with Gasteiger partial charge in [-0.1, -0.05) is 28.9 Å². The molecule has 1 aromatic carbocycles. The Balaban J connectivity index is 2.33. The van der Waals surface area contributed by atoms with Crippen molar-refractivity contribution in [1.82, 2.24) is 5.32 Å². The Hall–Kier alpha value is -0.620. The zero-order valence-corrected chi connectivity index (χ0v) is 14.6. The first-order valence-electron chi connectivity index (χ1n) is 7.58. The summed E-state index contributed by atoms with van der Waals surface area (Å²) >= 11 is 3.58. The van der Waals surface area contributed by atoms with Gasteiger partial charge in [0.15, 0.2) is 0 Å². The molecule has 5 heteroatoms. The number of morpholine rings is 1. The molecule has 3 atom stereocenters. The van der Waals surface area contributed by atoms with Crippen LogP contribution in [0.15, 0.2) is 22.7 Å². The third-order valence-electron chi connectivity index (χ3n) is 3.99. The van der Waals surface area contributed by atoms with E-state index in [-0.39, 0.29) is 12.7 Å². The fourth-order valence-electron chi connectivity index (χ4n) is 2.81. The Kier molecular flexibility index (Phi) is 6.05. The second-order valence-corrected chi connectivity index (χ2v) is 6.54. The van der Waals surface area contributed by atoms with E-state index in [2.05, 4.69) is 65.1 Å². The second-order valence-electron chi connectivity index (χ2n) is 5.62. The molecule has 21 heavy (non-hydrogen) atoms. The van der Waals surface area contributed by atoms with Gasteiger partial charge in [-0.25, -0.2) is 0 Å². The summed E-state index contributed by atoms with van der Waals surface area (Å²) in [5.74, 6) is 0. The first-order chi connectivity index (χ1) is 10.1. The van der Waals surface area contributed by atoms with E-state index in [0.29, 0.717) is 18.7 Å². The molecule has 1 fully saturated rings. The van der Waals surface area contributed by atoms with E-state index in [1.54, 1.807) is 0 Å².